The van der Waals surface area contributed by atoms with Crippen LogP contribution in [0.3, 0.4) is 0 Å². The van der Waals surface area contributed by atoms with Crippen molar-refractivity contribution in [1.82, 2.24) is 0 Å². The number of carbonyl (C=O) groups is 1. The average molecular weight is 287 g/mol. The molecule has 3 unspecified atom stereocenters. The lowest BCUT2D eigenvalue weighted by molar-refractivity contribution is -0.119. The van der Waals surface area contributed by atoms with Crippen LogP contribution < -0.4 is 10.6 Å². The summed E-state index contributed by atoms with van der Waals surface area (Å²) in [7, 11) is 0. The molecule has 0 radical (unpaired) electrons. The molecular weight excluding hydrogens is 269 g/mol. The number of carbonyl (C=O) groups excluding carboxylic acids is 1. The van der Waals surface area contributed by atoms with Crippen molar-refractivity contribution in [1.29, 1.82) is 5.26 Å². The molecule has 1 saturated heterocycles. The van der Waals surface area contributed by atoms with E-state index in [0.717, 1.165) is 25.7 Å². The molecule has 1 aliphatic heterocycles. The molecule has 1 heterocycles. The van der Waals surface area contributed by atoms with Crippen molar-refractivity contribution in [3.05, 3.63) is 29.6 Å². The van der Waals surface area contributed by atoms with E-state index in [9.17, 15) is 14.4 Å². The van der Waals surface area contributed by atoms with Gasteiger partial charge in [-0.3, -0.25) is 4.79 Å². The third-order valence-corrected chi connectivity index (χ3v) is 4.80. The van der Waals surface area contributed by atoms with Crippen LogP contribution in [0.5, 0.6) is 0 Å². The fraction of sp³-hybridized carbons (Fsp3) is 0.500. The van der Waals surface area contributed by atoms with Crippen molar-refractivity contribution >= 4 is 11.6 Å². The van der Waals surface area contributed by atoms with Crippen LogP contribution in [-0.4, -0.2) is 18.0 Å². The Morgan fingerprint density at radius 2 is 2.14 bits per heavy atom. The lowest BCUT2D eigenvalue weighted by atomic mass is 9.84. The molecule has 4 nitrogen and oxygen atoms in total. The minimum atomic E-state index is -0.544. The van der Waals surface area contributed by atoms with Crippen molar-refractivity contribution in [2.45, 2.75) is 44.2 Å². The van der Waals surface area contributed by atoms with E-state index in [1.54, 1.807) is 12.1 Å². The number of hydrogen-bond donors (Lipinski definition) is 1. The van der Waals surface area contributed by atoms with Crippen molar-refractivity contribution in [2.75, 3.05) is 4.90 Å². The molecule has 1 aromatic rings. The molecule has 0 spiro atoms. The van der Waals surface area contributed by atoms with Crippen molar-refractivity contribution in [3.63, 3.8) is 0 Å². The molecule has 3 rings (SSSR count). The molecule has 1 aromatic carbocycles. The summed E-state index contributed by atoms with van der Waals surface area (Å²) in [5.41, 5.74) is 6.07. The number of nitrogens with zero attached hydrogens (tertiary/aromatic N) is 2. The van der Waals surface area contributed by atoms with Gasteiger partial charge in [-0.2, -0.15) is 5.26 Å². The Bertz CT molecular complexity index is 610. The lowest BCUT2D eigenvalue weighted by Crippen LogP contribution is -2.45. The number of fused-ring (bicyclic) bond motifs is 1. The largest absolute Gasteiger partial charge is 0.368 e. The van der Waals surface area contributed by atoms with Crippen LogP contribution in [0.4, 0.5) is 10.1 Å². The summed E-state index contributed by atoms with van der Waals surface area (Å²) in [6, 6.07) is 6.25. The Morgan fingerprint density at radius 1 is 1.38 bits per heavy atom. The quantitative estimate of drug-likeness (QED) is 0.907. The van der Waals surface area contributed by atoms with Gasteiger partial charge in [0.05, 0.1) is 5.69 Å². The topological polar surface area (TPSA) is 70.1 Å². The van der Waals surface area contributed by atoms with Gasteiger partial charge in [0.15, 0.2) is 0 Å². The van der Waals surface area contributed by atoms with Crippen molar-refractivity contribution in [3.8, 4) is 6.07 Å². The van der Waals surface area contributed by atoms with Crippen LogP contribution in [0.25, 0.3) is 0 Å². The first kappa shape index (κ1) is 13.9. The number of benzene rings is 1. The molecule has 110 valence electrons. The summed E-state index contributed by atoms with van der Waals surface area (Å²) in [5.74, 6) is -0.527. The summed E-state index contributed by atoms with van der Waals surface area (Å²) >= 11 is 0. The van der Waals surface area contributed by atoms with E-state index in [1.165, 1.54) is 6.07 Å². The van der Waals surface area contributed by atoms with Crippen LogP contribution in [0.2, 0.25) is 0 Å². The van der Waals surface area contributed by atoms with Crippen LogP contribution in [0, 0.1) is 23.1 Å². The summed E-state index contributed by atoms with van der Waals surface area (Å²) in [6.07, 6.45) is 5.01. The number of halogens is 1. The normalized spacial score (nSPS) is 28.0. The van der Waals surface area contributed by atoms with Gasteiger partial charge in [-0.05, 0) is 37.3 Å². The summed E-state index contributed by atoms with van der Waals surface area (Å²) in [4.78, 5) is 13.7. The first-order valence-electron chi connectivity index (χ1n) is 7.39. The van der Waals surface area contributed by atoms with Gasteiger partial charge in [0.25, 0.3) is 0 Å². The third kappa shape index (κ3) is 2.25. The van der Waals surface area contributed by atoms with E-state index in [-0.39, 0.29) is 11.6 Å². The summed E-state index contributed by atoms with van der Waals surface area (Å²) in [5, 5.41) is 9.25. The molecule has 0 bridgehead atoms. The fourth-order valence-electron chi connectivity index (χ4n) is 3.90. The SMILES string of the molecule is N#Cc1c(F)cccc1N1C(C(N)=O)CC2CCCCC21. The Labute approximate surface area is 123 Å². The Morgan fingerprint density at radius 3 is 2.86 bits per heavy atom. The molecule has 1 saturated carbocycles. The van der Waals surface area contributed by atoms with Gasteiger partial charge in [0, 0.05) is 6.04 Å². The molecule has 1 amide bonds. The number of rotatable bonds is 2. The first-order valence-corrected chi connectivity index (χ1v) is 7.39. The first-order chi connectivity index (χ1) is 10.1. The number of nitriles is 1. The monoisotopic (exact) mass is 287 g/mol. The molecule has 2 N–H and O–H groups in total. The Hall–Kier alpha value is -2.09. The van der Waals surface area contributed by atoms with E-state index >= 15 is 0 Å². The fourth-order valence-corrected chi connectivity index (χ4v) is 3.90. The van der Waals surface area contributed by atoms with Crippen LogP contribution in [-0.2, 0) is 4.79 Å². The summed E-state index contributed by atoms with van der Waals surface area (Å²) in [6.45, 7) is 0. The predicted molar refractivity (Wildman–Crippen MR) is 76.9 cm³/mol. The summed E-state index contributed by atoms with van der Waals surface area (Å²) < 4.78 is 13.9. The van der Waals surface area contributed by atoms with E-state index in [0.29, 0.717) is 18.0 Å². The van der Waals surface area contributed by atoms with Gasteiger partial charge in [-0.1, -0.05) is 18.9 Å². The average Bonchev–Trinajstić information content (AvgIpc) is 2.86. The predicted octanol–water partition coefficient (Wildman–Crippen LogP) is 2.32. The second-order valence-corrected chi connectivity index (χ2v) is 5.92. The molecule has 5 heteroatoms. The second kappa shape index (κ2) is 5.36. The van der Waals surface area contributed by atoms with E-state index < -0.39 is 17.8 Å². The van der Waals surface area contributed by atoms with Crippen LogP contribution in [0.1, 0.15) is 37.7 Å². The zero-order valence-electron chi connectivity index (χ0n) is 11.8. The molecule has 1 aliphatic carbocycles. The van der Waals surface area contributed by atoms with Crippen molar-refractivity contribution in [2.24, 2.45) is 11.7 Å². The van der Waals surface area contributed by atoms with Gasteiger partial charge in [0.2, 0.25) is 5.91 Å². The zero-order valence-corrected chi connectivity index (χ0v) is 11.8. The molecule has 2 aliphatic rings. The number of anilines is 1. The van der Waals surface area contributed by atoms with E-state index in [4.69, 9.17) is 5.73 Å². The number of nitrogens with two attached hydrogens (primary N) is 1. The highest BCUT2D eigenvalue weighted by Crippen LogP contribution is 2.43. The number of amides is 1. The number of hydrogen-bond acceptors (Lipinski definition) is 3. The maximum absolute atomic E-state index is 13.9. The highest BCUT2D eigenvalue weighted by Gasteiger charge is 2.45. The smallest absolute Gasteiger partial charge is 0.240 e. The molecule has 3 atom stereocenters. The third-order valence-electron chi connectivity index (χ3n) is 4.80. The van der Waals surface area contributed by atoms with Gasteiger partial charge >= 0.3 is 0 Å². The maximum Gasteiger partial charge on any atom is 0.240 e. The van der Waals surface area contributed by atoms with Gasteiger partial charge in [-0.25, -0.2) is 4.39 Å². The standard InChI is InChI=1S/C16H18FN3O/c17-12-5-3-7-14(11(12)9-18)20-13-6-2-1-4-10(13)8-15(20)16(19)21/h3,5,7,10,13,15H,1-2,4,6,8H2,(H2,19,21). The van der Waals surface area contributed by atoms with E-state index in [1.807, 2.05) is 11.0 Å². The van der Waals surface area contributed by atoms with Crippen LogP contribution >= 0.6 is 0 Å². The number of primary amides is 1. The lowest BCUT2D eigenvalue weighted by Gasteiger charge is -2.35. The van der Waals surface area contributed by atoms with Gasteiger partial charge < -0.3 is 10.6 Å². The molecule has 2 fully saturated rings. The minimum absolute atomic E-state index is 0.00923. The Kier molecular flexibility index (Phi) is 3.54. The minimum Gasteiger partial charge on any atom is -0.368 e. The van der Waals surface area contributed by atoms with E-state index in [2.05, 4.69) is 0 Å². The molecular formula is C16H18FN3O. The Balaban J connectivity index is 2.07. The highest BCUT2D eigenvalue weighted by molar-refractivity contribution is 5.85. The van der Waals surface area contributed by atoms with Crippen molar-refractivity contribution < 1.29 is 9.18 Å². The second-order valence-electron chi connectivity index (χ2n) is 5.92. The zero-order chi connectivity index (χ0) is 15.0. The van der Waals surface area contributed by atoms with Gasteiger partial charge in [-0.15, -0.1) is 0 Å². The maximum atomic E-state index is 13.9. The molecule has 21 heavy (non-hydrogen) atoms. The highest BCUT2D eigenvalue weighted by atomic mass is 19.1. The molecule has 0 aromatic heterocycles. The van der Waals surface area contributed by atoms with Crippen LogP contribution in [0.15, 0.2) is 18.2 Å². The van der Waals surface area contributed by atoms with Gasteiger partial charge in [0.1, 0.15) is 23.5 Å².